The van der Waals surface area contributed by atoms with Crippen LogP contribution >= 0.6 is 0 Å². The Kier molecular flexibility index (Phi) is 4.08. The van der Waals surface area contributed by atoms with E-state index in [9.17, 15) is 14.3 Å². The van der Waals surface area contributed by atoms with E-state index in [1.54, 1.807) is 19.1 Å². The minimum absolute atomic E-state index is 0.257. The number of hydrogen-bond donors (Lipinski definition) is 1. The highest BCUT2D eigenvalue weighted by Gasteiger charge is 2.22. The first-order valence-electron chi connectivity index (χ1n) is 6.24. The SMILES string of the molecule is Cc1ncc(C(Cc2ccc(F)cc2)C(=O)O)nc1C. The van der Waals surface area contributed by atoms with Crippen LogP contribution in [-0.2, 0) is 11.2 Å². The van der Waals surface area contributed by atoms with Crippen molar-refractivity contribution in [3.63, 3.8) is 0 Å². The van der Waals surface area contributed by atoms with Crippen LogP contribution in [0.5, 0.6) is 0 Å². The second-order valence-corrected chi connectivity index (χ2v) is 4.69. The van der Waals surface area contributed by atoms with Gasteiger partial charge in [-0.25, -0.2) is 4.39 Å². The quantitative estimate of drug-likeness (QED) is 0.931. The number of aliphatic carboxylic acids is 1. The first kappa shape index (κ1) is 14.1. The van der Waals surface area contributed by atoms with E-state index in [2.05, 4.69) is 9.97 Å². The average molecular weight is 274 g/mol. The second-order valence-electron chi connectivity index (χ2n) is 4.69. The van der Waals surface area contributed by atoms with Crippen LogP contribution in [0.2, 0.25) is 0 Å². The van der Waals surface area contributed by atoms with Crippen LogP contribution < -0.4 is 0 Å². The van der Waals surface area contributed by atoms with Crippen molar-refractivity contribution in [1.82, 2.24) is 9.97 Å². The number of carbonyl (C=O) groups is 1. The Morgan fingerprint density at radius 2 is 1.90 bits per heavy atom. The van der Waals surface area contributed by atoms with Gasteiger partial charge in [0.15, 0.2) is 0 Å². The summed E-state index contributed by atoms with van der Waals surface area (Å²) in [5, 5.41) is 9.36. The van der Waals surface area contributed by atoms with Gasteiger partial charge in [-0.2, -0.15) is 0 Å². The molecular formula is C15H15FN2O2. The Hall–Kier alpha value is -2.30. The van der Waals surface area contributed by atoms with Crippen molar-refractivity contribution in [3.05, 3.63) is 58.9 Å². The number of carboxylic acid groups (broad SMARTS) is 1. The minimum Gasteiger partial charge on any atom is -0.481 e. The van der Waals surface area contributed by atoms with Gasteiger partial charge >= 0.3 is 5.97 Å². The van der Waals surface area contributed by atoms with Crippen molar-refractivity contribution in [2.45, 2.75) is 26.2 Å². The lowest BCUT2D eigenvalue weighted by molar-refractivity contribution is -0.138. The van der Waals surface area contributed by atoms with Crippen LogP contribution in [0.15, 0.2) is 30.5 Å². The molecule has 0 aliphatic carbocycles. The Morgan fingerprint density at radius 3 is 2.45 bits per heavy atom. The molecule has 1 aromatic carbocycles. The molecule has 0 aliphatic rings. The van der Waals surface area contributed by atoms with Gasteiger partial charge in [-0.15, -0.1) is 0 Å². The van der Waals surface area contributed by atoms with Crippen molar-refractivity contribution < 1.29 is 14.3 Å². The maximum Gasteiger partial charge on any atom is 0.312 e. The van der Waals surface area contributed by atoms with Crippen molar-refractivity contribution in [2.24, 2.45) is 0 Å². The number of aromatic nitrogens is 2. The predicted octanol–water partition coefficient (Wildman–Crippen LogP) is 2.64. The summed E-state index contributed by atoms with van der Waals surface area (Å²) in [5.41, 5.74) is 2.66. The average Bonchev–Trinajstić information content (AvgIpc) is 2.41. The van der Waals surface area contributed by atoms with E-state index in [4.69, 9.17) is 0 Å². The van der Waals surface area contributed by atoms with Crippen LogP contribution in [0.3, 0.4) is 0 Å². The van der Waals surface area contributed by atoms with Gasteiger partial charge in [0.25, 0.3) is 0 Å². The van der Waals surface area contributed by atoms with E-state index in [1.807, 2.05) is 6.92 Å². The number of rotatable bonds is 4. The molecule has 0 bridgehead atoms. The number of benzene rings is 1. The van der Waals surface area contributed by atoms with Crippen LogP contribution in [-0.4, -0.2) is 21.0 Å². The summed E-state index contributed by atoms with van der Waals surface area (Å²) >= 11 is 0. The molecule has 0 spiro atoms. The molecule has 20 heavy (non-hydrogen) atoms. The zero-order chi connectivity index (χ0) is 14.7. The molecule has 0 amide bonds. The lowest BCUT2D eigenvalue weighted by atomic mass is 9.96. The molecule has 0 fully saturated rings. The Morgan fingerprint density at radius 1 is 1.25 bits per heavy atom. The molecule has 0 aliphatic heterocycles. The highest BCUT2D eigenvalue weighted by Crippen LogP contribution is 2.20. The van der Waals surface area contributed by atoms with E-state index in [1.165, 1.54) is 18.3 Å². The normalized spacial score (nSPS) is 12.2. The minimum atomic E-state index is -0.966. The van der Waals surface area contributed by atoms with Gasteiger partial charge in [0.05, 0.1) is 17.1 Å². The lowest BCUT2D eigenvalue weighted by Crippen LogP contribution is -2.17. The predicted molar refractivity (Wildman–Crippen MR) is 72.0 cm³/mol. The fraction of sp³-hybridized carbons (Fsp3) is 0.267. The third-order valence-electron chi connectivity index (χ3n) is 3.22. The monoisotopic (exact) mass is 274 g/mol. The van der Waals surface area contributed by atoms with Gasteiger partial charge in [0, 0.05) is 6.20 Å². The first-order chi connectivity index (χ1) is 9.47. The number of aryl methyl sites for hydroxylation is 2. The van der Waals surface area contributed by atoms with E-state index >= 15 is 0 Å². The Labute approximate surface area is 116 Å². The molecule has 0 saturated heterocycles. The summed E-state index contributed by atoms with van der Waals surface area (Å²) in [6.45, 7) is 3.62. The summed E-state index contributed by atoms with van der Waals surface area (Å²) in [5.74, 6) is -2.09. The number of nitrogens with zero attached hydrogens (tertiary/aromatic N) is 2. The van der Waals surface area contributed by atoms with Gasteiger partial charge in [-0.05, 0) is 38.0 Å². The van der Waals surface area contributed by atoms with Crippen molar-refractivity contribution >= 4 is 5.97 Å². The van der Waals surface area contributed by atoms with Gasteiger partial charge in [-0.1, -0.05) is 12.1 Å². The third-order valence-corrected chi connectivity index (χ3v) is 3.22. The van der Waals surface area contributed by atoms with Crippen LogP contribution in [0, 0.1) is 19.7 Å². The summed E-state index contributed by atoms with van der Waals surface area (Å²) in [6, 6.07) is 5.81. The molecule has 0 radical (unpaired) electrons. The molecular weight excluding hydrogens is 259 g/mol. The van der Waals surface area contributed by atoms with Gasteiger partial charge in [0.2, 0.25) is 0 Å². The molecule has 5 heteroatoms. The fourth-order valence-electron chi connectivity index (χ4n) is 1.90. The fourth-order valence-corrected chi connectivity index (χ4v) is 1.90. The smallest absolute Gasteiger partial charge is 0.312 e. The Balaban J connectivity index is 2.29. The third kappa shape index (κ3) is 3.17. The summed E-state index contributed by atoms with van der Waals surface area (Å²) in [4.78, 5) is 19.9. The maximum atomic E-state index is 12.9. The molecule has 2 aromatic rings. The molecule has 4 nitrogen and oxygen atoms in total. The standard InChI is InChI=1S/C15H15FN2O2/c1-9-10(2)18-14(8-17-9)13(15(19)20)7-11-3-5-12(16)6-4-11/h3-6,8,13H,7H2,1-2H3,(H,19,20). The van der Waals surface area contributed by atoms with E-state index < -0.39 is 11.9 Å². The molecule has 1 unspecified atom stereocenters. The zero-order valence-corrected chi connectivity index (χ0v) is 11.3. The number of carboxylic acids is 1. The highest BCUT2D eigenvalue weighted by atomic mass is 19.1. The molecule has 104 valence electrons. The van der Waals surface area contributed by atoms with Gasteiger partial charge in [-0.3, -0.25) is 14.8 Å². The van der Waals surface area contributed by atoms with Crippen molar-refractivity contribution in [2.75, 3.05) is 0 Å². The molecule has 0 saturated carbocycles. The van der Waals surface area contributed by atoms with E-state index in [-0.39, 0.29) is 12.2 Å². The molecule has 1 N–H and O–H groups in total. The lowest BCUT2D eigenvalue weighted by Gasteiger charge is -2.13. The topological polar surface area (TPSA) is 63.1 Å². The molecule has 1 aromatic heterocycles. The van der Waals surface area contributed by atoms with Crippen LogP contribution in [0.1, 0.15) is 28.6 Å². The van der Waals surface area contributed by atoms with Crippen LogP contribution in [0.25, 0.3) is 0 Å². The summed E-state index contributed by atoms with van der Waals surface area (Å²) in [6.07, 6.45) is 1.75. The molecule has 1 atom stereocenters. The first-order valence-corrected chi connectivity index (χ1v) is 6.24. The highest BCUT2D eigenvalue weighted by molar-refractivity contribution is 5.75. The van der Waals surface area contributed by atoms with Gasteiger partial charge < -0.3 is 5.11 Å². The zero-order valence-electron chi connectivity index (χ0n) is 11.3. The van der Waals surface area contributed by atoms with E-state index in [0.717, 1.165) is 11.3 Å². The Bertz CT molecular complexity index is 626. The number of halogens is 1. The molecule has 2 rings (SSSR count). The second kappa shape index (κ2) is 5.77. The van der Waals surface area contributed by atoms with Crippen LogP contribution in [0.4, 0.5) is 4.39 Å². The van der Waals surface area contributed by atoms with Crippen molar-refractivity contribution in [1.29, 1.82) is 0 Å². The van der Waals surface area contributed by atoms with E-state index in [0.29, 0.717) is 11.4 Å². The largest absolute Gasteiger partial charge is 0.481 e. The molecule has 1 heterocycles. The van der Waals surface area contributed by atoms with Gasteiger partial charge in [0.1, 0.15) is 11.7 Å². The number of hydrogen-bond acceptors (Lipinski definition) is 3. The van der Waals surface area contributed by atoms with Crippen molar-refractivity contribution in [3.8, 4) is 0 Å². The summed E-state index contributed by atoms with van der Waals surface area (Å²) < 4.78 is 12.9. The summed E-state index contributed by atoms with van der Waals surface area (Å²) in [7, 11) is 0. The maximum absolute atomic E-state index is 12.9.